The molecular weight excluding hydrogens is 399 g/mol. The first-order valence-corrected chi connectivity index (χ1v) is 9.24. The summed E-state index contributed by atoms with van der Waals surface area (Å²) in [6, 6.07) is 9.22. The Bertz CT molecular complexity index is 981. The Morgan fingerprint density at radius 3 is 2.03 bits per heavy atom. The highest BCUT2D eigenvalue weighted by atomic mass is 19.4. The number of alkyl halides is 3. The number of nitrogens with zero attached hydrogens (tertiary/aromatic N) is 4. The van der Waals surface area contributed by atoms with Crippen molar-refractivity contribution in [1.29, 1.82) is 0 Å². The van der Waals surface area contributed by atoms with Crippen molar-refractivity contribution in [2.45, 2.75) is 6.18 Å². The maximum atomic E-state index is 12.7. The van der Waals surface area contributed by atoms with E-state index >= 15 is 0 Å². The molecule has 1 amide bonds. The topological polar surface area (TPSA) is 74.5 Å². The summed E-state index contributed by atoms with van der Waals surface area (Å²) in [7, 11) is 0. The van der Waals surface area contributed by atoms with Crippen molar-refractivity contribution in [1.82, 2.24) is 9.97 Å². The summed E-state index contributed by atoms with van der Waals surface area (Å²) in [5.41, 5.74) is -0.207. The zero-order valence-corrected chi connectivity index (χ0v) is 15.8. The van der Waals surface area contributed by atoms with Gasteiger partial charge < -0.3 is 19.5 Å². The Balaban J connectivity index is 1.33. The number of rotatable bonds is 4. The van der Waals surface area contributed by atoms with Crippen LogP contribution in [0.15, 0.2) is 59.5 Å². The van der Waals surface area contributed by atoms with Crippen LogP contribution in [0.2, 0.25) is 0 Å². The Morgan fingerprint density at radius 1 is 0.933 bits per heavy atom. The monoisotopic (exact) mass is 417 g/mol. The van der Waals surface area contributed by atoms with E-state index in [1.165, 1.54) is 12.3 Å². The molecule has 0 unspecified atom stereocenters. The number of halogens is 3. The van der Waals surface area contributed by atoms with Crippen molar-refractivity contribution in [3.05, 3.63) is 66.4 Å². The molecule has 3 aromatic rings. The molecule has 4 heterocycles. The van der Waals surface area contributed by atoms with Gasteiger partial charge in [0.1, 0.15) is 11.6 Å². The van der Waals surface area contributed by atoms with Crippen LogP contribution >= 0.6 is 0 Å². The number of carbonyl (C=O) groups excluding carboxylic acids is 1. The predicted molar refractivity (Wildman–Crippen MR) is 105 cm³/mol. The minimum absolute atomic E-state index is 0.215. The first kappa shape index (κ1) is 19.7. The fourth-order valence-electron chi connectivity index (χ4n) is 3.15. The van der Waals surface area contributed by atoms with Crippen molar-refractivity contribution >= 4 is 23.2 Å². The second-order valence-electron chi connectivity index (χ2n) is 6.71. The second-order valence-corrected chi connectivity index (χ2v) is 6.71. The Labute approximate surface area is 170 Å². The van der Waals surface area contributed by atoms with Gasteiger partial charge in [0.05, 0.1) is 23.7 Å². The van der Waals surface area contributed by atoms with Gasteiger partial charge in [-0.3, -0.25) is 4.79 Å². The molecule has 1 aliphatic heterocycles. The maximum Gasteiger partial charge on any atom is 0.417 e. The second kappa shape index (κ2) is 8.05. The number of hydrogen-bond acceptors (Lipinski definition) is 6. The summed E-state index contributed by atoms with van der Waals surface area (Å²) < 4.78 is 43.1. The molecule has 7 nitrogen and oxygen atoms in total. The molecule has 1 aliphatic rings. The largest absolute Gasteiger partial charge is 0.459 e. The molecule has 0 spiro atoms. The third-order valence-corrected chi connectivity index (χ3v) is 4.75. The molecule has 1 N–H and O–H groups in total. The number of piperazine rings is 1. The normalized spacial score (nSPS) is 14.6. The van der Waals surface area contributed by atoms with E-state index in [0.29, 0.717) is 37.7 Å². The lowest BCUT2D eigenvalue weighted by Gasteiger charge is -2.36. The lowest BCUT2D eigenvalue weighted by atomic mass is 10.2. The molecule has 0 aromatic carbocycles. The van der Waals surface area contributed by atoms with E-state index in [-0.39, 0.29) is 11.7 Å². The number of aromatic nitrogens is 2. The Hall–Kier alpha value is -3.56. The summed E-state index contributed by atoms with van der Waals surface area (Å²) in [4.78, 5) is 24.3. The van der Waals surface area contributed by atoms with Crippen molar-refractivity contribution in [2.75, 3.05) is 41.3 Å². The van der Waals surface area contributed by atoms with Crippen molar-refractivity contribution in [3.8, 4) is 0 Å². The third kappa shape index (κ3) is 4.37. The summed E-state index contributed by atoms with van der Waals surface area (Å²) in [6.07, 6.45) is -0.533. The van der Waals surface area contributed by atoms with Crippen LogP contribution in [0.3, 0.4) is 0 Å². The van der Waals surface area contributed by atoms with Gasteiger partial charge in [-0.2, -0.15) is 13.2 Å². The fourth-order valence-corrected chi connectivity index (χ4v) is 3.15. The first-order chi connectivity index (χ1) is 14.4. The van der Waals surface area contributed by atoms with Crippen molar-refractivity contribution in [3.63, 3.8) is 0 Å². The lowest BCUT2D eigenvalue weighted by molar-refractivity contribution is -0.137. The Morgan fingerprint density at radius 2 is 1.57 bits per heavy atom. The molecule has 10 heteroatoms. The maximum absolute atomic E-state index is 12.7. The van der Waals surface area contributed by atoms with Gasteiger partial charge in [0.2, 0.25) is 0 Å². The van der Waals surface area contributed by atoms with Crippen LogP contribution in [-0.2, 0) is 6.18 Å². The Kier molecular flexibility index (Phi) is 5.30. The van der Waals surface area contributed by atoms with E-state index in [0.717, 1.165) is 18.1 Å². The van der Waals surface area contributed by atoms with Crippen LogP contribution in [-0.4, -0.2) is 42.1 Å². The lowest BCUT2D eigenvalue weighted by Crippen LogP contribution is -2.47. The van der Waals surface area contributed by atoms with E-state index in [1.807, 2.05) is 11.0 Å². The van der Waals surface area contributed by atoms with E-state index in [1.54, 1.807) is 24.4 Å². The zero-order chi connectivity index (χ0) is 21.1. The molecule has 30 heavy (non-hydrogen) atoms. The number of hydrogen-bond donors (Lipinski definition) is 1. The van der Waals surface area contributed by atoms with Gasteiger partial charge in [-0.15, -0.1) is 0 Å². The van der Waals surface area contributed by atoms with Gasteiger partial charge in [0, 0.05) is 32.4 Å². The van der Waals surface area contributed by atoms with E-state index in [4.69, 9.17) is 4.42 Å². The van der Waals surface area contributed by atoms with Crippen LogP contribution in [0.1, 0.15) is 16.1 Å². The van der Waals surface area contributed by atoms with Crippen LogP contribution in [0.4, 0.5) is 30.5 Å². The van der Waals surface area contributed by atoms with Gasteiger partial charge >= 0.3 is 6.18 Å². The molecule has 0 aliphatic carbocycles. The molecule has 1 saturated heterocycles. The SMILES string of the molecule is O=C(Nc1ccc(N2CCN(c3ccc(C(F)(F)F)cn3)CC2)nc1)c1ccco1. The minimum Gasteiger partial charge on any atom is -0.459 e. The first-order valence-electron chi connectivity index (χ1n) is 9.24. The van der Waals surface area contributed by atoms with Gasteiger partial charge in [0.15, 0.2) is 5.76 Å². The van der Waals surface area contributed by atoms with E-state index in [2.05, 4.69) is 20.2 Å². The van der Waals surface area contributed by atoms with Gasteiger partial charge in [-0.25, -0.2) is 9.97 Å². The van der Waals surface area contributed by atoms with Gasteiger partial charge in [-0.1, -0.05) is 0 Å². The summed E-state index contributed by atoms with van der Waals surface area (Å²) in [6.45, 7) is 2.51. The predicted octanol–water partition coefficient (Wildman–Crippen LogP) is 3.67. The third-order valence-electron chi connectivity index (χ3n) is 4.75. The molecule has 1 fully saturated rings. The van der Waals surface area contributed by atoms with Gasteiger partial charge in [0.25, 0.3) is 5.91 Å². The van der Waals surface area contributed by atoms with Crippen molar-refractivity contribution in [2.24, 2.45) is 0 Å². The summed E-state index contributed by atoms with van der Waals surface area (Å²) >= 11 is 0. The smallest absolute Gasteiger partial charge is 0.417 e. The summed E-state index contributed by atoms with van der Waals surface area (Å²) in [5.74, 6) is 1.14. The van der Waals surface area contributed by atoms with Crippen LogP contribution in [0.25, 0.3) is 0 Å². The fraction of sp³-hybridized carbons (Fsp3) is 0.250. The molecule has 3 aromatic heterocycles. The molecule has 0 atom stereocenters. The number of furan rings is 1. The highest BCUT2D eigenvalue weighted by molar-refractivity contribution is 6.02. The van der Waals surface area contributed by atoms with E-state index in [9.17, 15) is 18.0 Å². The number of carbonyl (C=O) groups is 1. The molecule has 0 radical (unpaired) electrons. The standard InChI is InChI=1S/C20H18F3N5O2/c21-20(22,23)14-3-5-17(24-12-14)27-7-9-28(10-8-27)18-6-4-15(13-25-18)26-19(29)16-2-1-11-30-16/h1-6,11-13H,7-10H2,(H,26,29). The number of amides is 1. The highest BCUT2D eigenvalue weighted by Crippen LogP contribution is 2.29. The van der Waals surface area contributed by atoms with E-state index < -0.39 is 11.7 Å². The number of pyridine rings is 2. The summed E-state index contributed by atoms with van der Waals surface area (Å²) in [5, 5.41) is 2.71. The van der Waals surface area contributed by atoms with Crippen LogP contribution in [0.5, 0.6) is 0 Å². The average Bonchev–Trinajstić information content (AvgIpc) is 3.29. The quantitative estimate of drug-likeness (QED) is 0.698. The van der Waals surface area contributed by atoms with Crippen LogP contribution in [0, 0.1) is 0 Å². The molecule has 156 valence electrons. The highest BCUT2D eigenvalue weighted by Gasteiger charge is 2.31. The molecule has 0 bridgehead atoms. The van der Waals surface area contributed by atoms with Crippen molar-refractivity contribution < 1.29 is 22.4 Å². The number of anilines is 3. The minimum atomic E-state index is -4.39. The molecule has 0 saturated carbocycles. The zero-order valence-electron chi connectivity index (χ0n) is 15.8. The molecular formula is C20H18F3N5O2. The average molecular weight is 417 g/mol. The van der Waals surface area contributed by atoms with Gasteiger partial charge in [-0.05, 0) is 36.4 Å². The van der Waals surface area contributed by atoms with Crippen LogP contribution < -0.4 is 15.1 Å². The molecule has 4 rings (SSSR count). The number of nitrogens with one attached hydrogen (secondary N) is 1.